The molecule has 5 aliphatic rings. The molecule has 0 aromatic carbocycles. The third-order valence-electron chi connectivity index (χ3n) is 9.97. The lowest BCUT2D eigenvalue weighted by Crippen LogP contribution is -2.63. The van der Waals surface area contributed by atoms with Crippen molar-refractivity contribution in [3.8, 4) is 0 Å². The first-order chi connectivity index (χ1) is 16.2. The molecule has 7 nitrogen and oxygen atoms in total. The van der Waals surface area contributed by atoms with Crippen molar-refractivity contribution in [2.24, 2.45) is 34.5 Å². The van der Waals surface area contributed by atoms with Crippen LogP contribution in [0.15, 0.2) is 46.6 Å². The van der Waals surface area contributed by atoms with Crippen molar-refractivity contribution in [2.45, 2.75) is 57.8 Å². The van der Waals surface area contributed by atoms with Crippen molar-refractivity contribution in [3.63, 3.8) is 0 Å². The zero-order chi connectivity index (χ0) is 23.9. The summed E-state index contributed by atoms with van der Waals surface area (Å²) in [5, 5.41) is 23.5. The lowest BCUT2D eigenvalue weighted by atomic mass is 9.47. The average Bonchev–Trinajstić information content (AvgIpc) is 3.49. The molecule has 0 amide bonds. The number of aliphatic hydroxyl groups is 2. The van der Waals surface area contributed by atoms with Gasteiger partial charge in [0, 0.05) is 35.6 Å². The number of fused-ring (bicyclic) bond motifs is 7. The molecule has 0 unspecified atom stereocenters. The van der Waals surface area contributed by atoms with Crippen molar-refractivity contribution < 1.29 is 29.1 Å². The summed E-state index contributed by atoms with van der Waals surface area (Å²) in [6.07, 6.45) is 9.32. The molecular weight excluding hydrogens is 434 g/mol. The van der Waals surface area contributed by atoms with Crippen molar-refractivity contribution >= 4 is 11.6 Å². The zero-order valence-corrected chi connectivity index (χ0v) is 19.8. The Hall–Kier alpha value is -2.06. The highest BCUT2D eigenvalue weighted by Crippen LogP contribution is 2.70. The summed E-state index contributed by atoms with van der Waals surface area (Å²) in [4.78, 5) is 32.1. The highest BCUT2D eigenvalue weighted by molar-refractivity contribution is 5.93. The maximum atomic E-state index is 13.5. The minimum absolute atomic E-state index is 0.00532. The van der Waals surface area contributed by atoms with Crippen LogP contribution in [0.5, 0.6) is 0 Å². The lowest BCUT2D eigenvalue weighted by Gasteiger charge is -2.59. The molecule has 6 rings (SSSR count). The van der Waals surface area contributed by atoms with Crippen molar-refractivity contribution in [2.75, 3.05) is 13.2 Å². The van der Waals surface area contributed by atoms with Gasteiger partial charge in [0.05, 0.1) is 18.9 Å². The van der Waals surface area contributed by atoms with Crippen LogP contribution in [0.4, 0.5) is 0 Å². The maximum Gasteiger partial charge on any atom is 0.192 e. The Labute approximate surface area is 199 Å². The zero-order valence-electron chi connectivity index (χ0n) is 19.8. The van der Waals surface area contributed by atoms with Gasteiger partial charge in [-0.15, -0.1) is 0 Å². The highest BCUT2D eigenvalue weighted by atomic mass is 16.7. The Kier molecular flexibility index (Phi) is 4.92. The SMILES string of the molecule is C[C@]12C=CC(=O)CC1=CC[C@@H]1[C@@H]2[C@@H](O)C[C@@]2(C)[C@H]1C[C@H]1CN(Cc3ccco3)O[C@]12C(=O)CO. The molecule has 2 saturated carbocycles. The van der Waals surface area contributed by atoms with E-state index in [1.54, 1.807) is 17.4 Å². The number of rotatable bonds is 4. The fraction of sp³-hybridized carbons (Fsp3) is 0.630. The fourth-order valence-corrected chi connectivity index (χ4v) is 8.64. The third-order valence-corrected chi connectivity index (χ3v) is 9.97. The van der Waals surface area contributed by atoms with Crippen LogP contribution >= 0.6 is 0 Å². The first kappa shape index (κ1) is 22.4. The number of hydrogen-bond donors (Lipinski definition) is 2. The van der Waals surface area contributed by atoms with Gasteiger partial charge in [-0.2, -0.15) is 5.06 Å². The maximum absolute atomic E-state index is 13.5. The topological polar surface area (TPSA) is 100 Å². The number of nitrogens with zero attached hydrogens (tertiary/aromatic N) is 1. The second-order valence-corrected chi connectivity index (χ2v) is 11.5. The lowest BCUT2D eigenvalue weighted by molar-refractivity contribution is -0.254. The Bertz CT molecular complexity index is 1080. The van der Waals surface area contributed by atoms with Gasteiger partial charge in [-0.3, -0.25) is 14.4 Å². The van der Waals surface area contributed by atoms with E-state index in [0.717, 1.165) is 24.2 Å². The molecule has 1 aliphatic heterocycles. The van der Waals surface area contributed by atoms with Gasteiger partial charge < -0.3 is 14.6 Å². The minimum Gasteiger partial charge on any atom is -0.468 e. The Morgan fingerprint density at radius 2 is 2.15 bits per heavy atom. The van der Waals surface area contributed by atoms with Gasteiger partial charge in [-0.25, -0.2) is 0 Å². The second kappa shape index (κ2) is 7.47. The number of furan rings is 1. The van der Waals surface area contributed by atoms with Gasteiger partial charge in [-0.1, -0.05) is 31.6 Å². The number of hydroxylamine groups is 2. The van der Waals surface area contributed by atoms with Gasteiger partial charge in [-0.05, 0) is 49.3 Å². The molecule has 0 bridgehead atoms. The number of ketones is 2. The molecule has 1 aromatic rings. The molecule has 1 saturated heterocycles. The van der Waals surface area contributed by atoms with Crippen LogP contribution in [0.1, 0.15) is 45.3 Å². The van der Waals surface area contributed by atoms with Crippen LogP contribution in [-0.4, -0.2) is 51.7 Å². The summed E-state index contributed by atoms with van der Waals surface area (Å²) in [7, 11) is 0. The molecule has 2 N–H and O–H groups in total. The molecule has 34 heavy (non-hydrogen) atoms. The van der Waals surface area contributed by atoms with E-state index < -0.39 is 23.7 Å². The van der Waals surface area contributed by atoms with E-state index in [9.17, 15) is 19.8 Å². The molecule has 7 heteroatoms. The Morgan fingerprint density at radius 1 is 1.32 bits per heavy atom. The Morgan fingerprint density at radius 3 is 2.88 bits per heavy atom. The molecule has 4 aliphatic carbocycles. The van der Waals surface area contributed by atoms with Crippen LogP contribution in [0, 0.1) is 34.5 Å². The fourth-order valence-electron chi connectivity index (χ4n) is 8.64. The summed E-state index contributed by atoms with van der Waals surface area (Å²) in [5.41, 5.74) is -1.00. The summed E-state index contributed by atoms with van der Waals surface area (Å²) in [5.74, 6) is 0.860. The van der Waals surface area contributed by atoms with Crippen molar-refractivity contribution in [1.29, 1.82) is 0 Å². The molecule has 0 spiro atoms. The van der Waals surface area contributed by atoms with Crippen LogP contribution in [-0.2, 0) is 21.0 Å². The van der Waals surface area contributed by atoms with E-state index in [-0.39, 0.29) is 40.7 Å². The number of Topliss-reactive ketones (excluding diaryl/α,β-unsaturated/α-hetero) is 1. The smallest absolute Gasteiger partial charge is 0.192 e. The standard InChI is InChI=1S/C27H33NO6/c1-25-8-7-18(30)10-16(25)5-6-20-21-11-17-13-28(14-19-4-3-9-33-19)34-27(17,23(32)15-29)26(21,2)12-22(31)24(20)25/h3-5,7-9,17,20-22,24,29,31H,6,10-15H2,1-2H3/t17-,20-,21-,22-,24+,25-,26-,27-/m0/s1. The Balaban J connectivity index is 1.38. The molecule has 2 heterocycles. The van der Waals surface area contributed by atoms with Crippen LogP contribution in [0.25, 0.3) is 0 Å². The number of carbonyl (C=O) groups excluding carboxylic acids is 2. The largest absolute Gasteiger partial charge is 0.468 e. The molecule has 182 valence electrons. The minimum atomic E-state index is -1.16. The molecular formula is C27H33NO6. The number of allylic oxidation sites excluding steroid dienone is 4. The van der Waals surface area contributed by atoms with Gasteiger partial charge in [0.2, 0.25) is 0 Å². The summed E-state index contributed by atoms with van der Waals surface area (Å²) >= 11 is 0. The van der Waals surface area contributed by atoms with Crippen LogP contribution in [0.2, 0.25) is 0 Å². The van der Waals surface area contributed by atoms with Gasteiger partial charge in [0.15, 0.2) is 17.2 Å². The van der Waals surface area contributed by atoms with E-state index in [0.29, 0.717) is 25.9 Å². The number of hydrogen-bond acceptors (Lipinski definition) is 7. The van der Waals surface area contributed by atoms with Gasteiger partial charge in [0.1, 0.15) is 12.4 Å². The molecule has 1 aromatic heterocycles. The predicted molar refractivity (Wildman–Crippen MR) is 122 cm³/mol. The molecule has 3 fully saturated rings. The number of aliphatic hydroxyl groups excluding tert-OH is 2. The molecule has 8 atom stereocenters. The van der Waals surface area contributed by atoms with E-state index in [1.807, 2.05) is 18.2 Å². The van der Waals surface area contributed by atoms with Crippen molar-refractivity contribution in [1.82, 2.24) is 5.06 Å². The van der Waals surface area contributed by atoms with E-state index in [1.165, 1.54) is 0 Å². The summed E-state index contributed by atoms with van der Waals surface area (Å²) in [6, 6.07) is 3.71. The molecule has 0 radical (unpaired) electrons. The average molecular weight is 468 g/mol. The third kappa shape index (κ3) is 2.78. The first-order valence-electron chi connectivity index (χ1n) is 12.4. The monoisotopic (exact) mass is 467 g/mol. The van der Waals surface area contributed by atoms with Crippen LogP contribution in [0.3, 0.4) is 0 Å². The number of carbonyl (C=O) groups is 2. The van der Waals surface area contributed by atoms with E-state index >= 15 is 0 Å². The van der Waals surface area contributed by atoms with E-state index in [2.05, 4.69) is 19.9 Å². The van der Waals surface area contributed by atoms with E-state index in [4.69, 9.17) is 9.25 Å². The summed E-state index contributed by atoms with van der Waals surface area (Å²) in [6.45, 7) is 4.67. The van der Waals surface area contributed by atoms with Gasteiger partial charge >= 0.3 is 0 Å². The van der Waals surface area contributed by atoms with Gasteiger partial charge in [0.25, 0.3) is 0 Å². The first-order valence-corrected chi connectivity index (χ1v) is 12.4. The normalized spacial score (nSPS) is 45.4. The summed E-state index contributed by atoms with van der Waals surface area (Å²) < 4.78 is 5.49. The highest BCUT2D eigenvalue weighted by Gasteiger charge is 2.75. The van der Waals surface area contributed by atoms with Crippen molar-refractivity contribution in [3.05, 3.63) is 48.0 Å². The second-order valence-electron chi connectivity index (χ2n) is 11.5. The van der Waals surface area contributed by atoms with Crippen LogP contribution < -0.4 is 0 Å². The predicted octanol–water partition coefficient (Wildman–Crippen LogP) is 2.83. The quantitative estimate of drug-likeness (QED) is 0.657.